The molecule has 1 rings (SSSR count). The van der Waals surface area contributed by atoms with Gasteiger partial charge in [-0.25, -0.2) is 4.79 Å². The fraction of sp³-hybridized carbons (Fsp3) is 0. The average molecular weight is 274 g/mol. The Bertz CT molecular complexity index is 318. The summed E-state index contributed by atoms with van der Waals surface area (Å²) in [4.78, 5) is 10.2. The van der Waals surface area contributed by atoms with Crippen molar-refractivity contribution in [2.75, 3.05) is 0 Å². The van der Waals surface area contributed by atoms with E-state index in [1.807, 2.05) is 24.3 Å². The van der Waals surface area contributed by atoms with Crippen LogP contribution in [0.4, 0.5) is 0 Å². The van der Waals surface area contributed by atoms with Crippen molar-refractivity contribution in [3.8, 4) is 0 Å². The van der Waals surface area contributed by atoms with Gasteiger partial charge in [0.25, 0.3) is 0 Å². The minimum absolute atomic E-state index is 0.907. The van der Waals surface area contributed by atoms with Gasteiger partial charge in [-0.1, -0.05) is 12.1 Å². The summed E-state index contributed by atoms with van der Waals surface area (Å²) in [5.74, 6) is -0.922. The average Bonchev–Trinajstić information content (AvgIpc) is 2.01. The smallest absolute Gasteiger partial charge is 0.328 e. The van der Waals surface area contributed by atoms with E-state index in [4.69, 9.17) is 5.11 Å². The molecule has 0 heterocycles. The van der Waals surface area contributed by atoms with Crippen molar-refractivity contribution < 1.29 is 9.90 Å². The third-order valence-corrected chi connectivity index (χ3v) is 1.94. The molecule has 0 aliphatic rings. The highest BCUT2D eigenvalue weighted by Crippen LogP contribution is 2.08. The van der Waals surface area contributed by atoms with Crippen LogP contribution in [-0.4, -0.2) is 11.1 Å². The van der Waals surface area contributed by atoms with E-state index in [0.29, 0.717) is 0 Å². The Morgan fingerprint density at radius 2 is 2.25 bits per heavy atom. The zero-order valence-electron chi connectivity index (χ0n) is 6.20. The van der Waals surface area contributed by atoms with Gasteiger partial charge in [0.2, 0.25) is 0 Å². The van der Waals surface area contributed by atoms with Crippen LogP contribution in [0.5, 0.6) is 0 Å². The maximum absolute atomic E-state index is 10.2. The van der Waals surface area contributed by atoms with E-state index in [2.05, 4.69) is 22.6 Å². The van der Waals surface area contributed by atoms with Crippen molar-refractivity contribution in [3.05, 3.63) is 39.5 Å². The van der Waals surface area contributed by atoms with Crippen molar-refractivity contribution in [3.63, 3.8) is 0 Å². The molecular formula is C9H7IO2. The first-order valence-corrected chi connectivity index (χ1v) is 4.43. The number of carbonyl (C=O) groups is 1. The second-order valence-corrected chi connectivity index (χ2v) is 3.47. The summed E-state index contributed by atoms with van der Waals surface area (Å²) in [6, 6.07) is 7.63. The molecule has 12 heavy (non-hydrogen) atoms. The Labute approximate surface area is 84.1 Å². The normalized spacial score (nSPS) is 10.4. The SMILES string of the molecule is O=C(O)/C=C\c1cccc(I)c1. The molecule has 0 fully saturated rings. The van der Waals surface area contributed by atoms with Crippen molar-refractivity contribution >= 4 is 34.6 Å². The summed E-state index contributed by atoms with van der Waals surface area (Å²) in [6.07, 6.45) is 2.70. The first-order chi connectivity index (χ1) is 5.68. The highest BCUT2D eigenvalue weighted by atomic mass is 127. The summed E-state index contributed by atoms with van der Waals surface area (Å²) in [6.45, 7) is 0. The minimum Gasteiger partial charge on any atom is -0.478 e. The van der Waals surface area contributed by atoms with Crippen molar-refractivity contribution in [2.24, 2.45) is 0 Å². The first kappa shape index (κ1) is 9.25. The maximum Gasteiger partial charge on any atom is 0.328 e. The summed E-state index contributed by atoms with van der Waals surface area (Å²) >= 11 is 2.18. The minimum atomic E-state index is -0.922. The van der Waals surface area contributed by atoms with Gasteiger partial charge in [-0.15, -0.1) is 0 Å². The number of hydrogen-bond donors (Lipinski definition) is 1. The van der Waals surface area contributed by atoms with Gasteiger partial charge in [0.1, 0.15) is 0 Å². The molecule has 0 radical (unpaired) electrons. The van der Waals surface area contributed by atoms with Crippen LogP contribution in [0.25, 0.3) is 6.08 Å². The predicted octanol–water partition coefficient (Wildman–Crippen LogP) is 2.39. The lowest BCUT2D eigenvalue weighted by Crippen LogP contribution is -1.85. The standard InChI is InChI=1S/C9H7IO2/c10-8-3-1-2-7(6-8)4-5-9(11)12/h1-6H,(H,11,12)/b5-4-. The van der Waals surface area contributed by atoms with Crippen LogP contribution in [0.2, 0.25) is 0 Å². The molecule has 0 spiro atoms. The molecule has 0 aromatic heterocycles. The van der Waals surface area contributed by atoms with Gasteiger partial charge in [0.15, 0.2) is 0 Å². The molecule has 1 N–H and O–H groups in total. The van der Waals surface area contributed by atoms with E-state index in [1.54, 1.807) is 6.08 Å². The van der Waals surface area contributed by atoms with Crippen LogP contribution < -0.4 is 0 Å². The van der Waals surface area contributed by atoms with Crippen molar-refractivity contribution in [1.29, 1.82) is 0 Å². The van der Waals surface area contributed by atoms with Crippen LogP contribution >= 0.6 is 22.6 Å². The predicted molar refractivity (Wildman–Crippen MR) is 55.8 cm³/mol. The third kappa shape index (κ3) is 3.04. The number of aliphatic carboxylic acids is 1. The highest BCUT2D eigenvalue weighted by Gasteiger charge is 1.89. The number of carboxylic acids is 1. The molecule has 0 unspecified atom stereocenters. The Hall–Kier alpha value is -0.840. The van der Waals surface area contributed by atoms with Crippen LogP contribution in [0, 0.1) is 3.57 Å². The number of benzene rings is 1. The van der Waals surface area contributed by atoms with E-state index in [1.165, 1.54) is 0 Å². The maximum atomic E-state index is 10.2. The number of halogens is 1. The van der Waals surface area contributed by atoms with E-state index in [9.17, 15) is 4.79 Å². The molecule has 0 saturated heterocycles. The van der Waals surface area contributed by atoms with Gasteiger partial charge in [-0.3, -0.25) is 0 Å². The molecule has 1 aromatic rings. The van der Waals surface area contributed by atoms with Crippen LogP contribution in [-0.2, 0) is 4.79 Å². The molecule has 1 aromatic carbocycles. The lowest BCUT2D eigenvalue weighted by Gasteiger charge is -1.92. The largest absolute Gasteiger partial charge is 0.478 e. The summed E-state index contributed by atoms with van der Waals surface area (Å²) in [7, 11) is 0. The highest BCUT2D eigenvalue weighted by molar-refractivity contribution is 14.1. The van der Waals surface area contributed by atoms with Gasteiger partial charge >= 0.3 is 5.97 Å². The first-order valence-electron chi connectivity index (χ1n) is 3.35. The van der Waals surface area contributed by atoms with E-state index >= 15 is 0 Å². The molecule has 0 amide bonds. The third-order valence-electron chi connectivity index (χ3n) is 1.27. The lowest BCUT2D eigenvalue weighted by molar-refractivity contribution is -0.131. The van der Waals surface area contributed by atoms with E-state index in [0.717, 1.165) is 15.2 Å². The second-order valence-electron chi connectivity index (χ2n) is 2.23. The Morgan fingerprint density at radius 1 is 1.50 bits per heavy atom. The molecule has 0 atom stereocenters. The van der Waals surface area contributed by atoms with Gasteiger partial charge in [0.05, 0.1) is 0 Å². The van der Waals surface area contributed by atoms with Gasteiger partial charge in [0, 0.05) is 9.65 Å². The van der Waals surface area contributed by atoms with E-state index < -0.39 is 5.97 Å². The summed E-state index contributed by atoms with van der Waals surface area (Å²) in [5.41, 5.74) is 0.907. The van der Waals surface area contributed by atoms with E-state index in [-0.39, 0.29) is 0 Å². The van der Waals surface area contributed by atoms with Crippen LogP contribution in [0.15, 0.2) is 30.3 Å². The number of rotatable bonds is 2. The molecule has 0 aliphatic heterocycles. The molecule has 62 valence electrons. The van der Waals surface area contributed by atoms with Crippen LogP contribution in [0.1, 0.15) is 5.56 Å². The molecular weight excluding hydrogens is 267 g/mol. The lowest BCUT2D eigenvalue weighted by atomic mass is 10.2. The van der Waals surface area contributed by atoms with Crippen molar-refractivity contribution in [1.82, 2.24) is 0 Å². The Kier molecular flexibility index (Phi) is 3.28. The molecule has 3 heteroatoms. The fourth-order valence-electron chi connectivity index (χ4n) is 0.778. The van der Waals surface area contributed by atoms with Gasteiger partial charge in [-0.2, -0.15) is 0 Å². The number of carboxylic acid groups (broad SMARTS) is 1. The quantitative estimate of drug-likeness (QED) is 0.664. The fourth-order valence-corrected chi connectivity index (χ4v) is 1.34. The molecule has 0 bridgehead atoms. The topological polar surface area (TPSA) is 37.3 Å². The van der Waals surface area contributed by atoms with Gasteiger partial charge < -0.3 is 5.11 Å². The van der Waals surface area contributed by atoms with Crippen molar-refractivity contribution in [2.45, 2.75) is 0 Å². The Balaban J connectivity index is 2.83. The van der Waals surface area contributed by atoms with Gasteiger partial charge in [-0.05, 0) is 46.4 Å². The number of hydrogen-bond acceptors (Lipinski definition) is 1. The second kappa shape index (κ2) is 4.25. The zero-order chi connectivity index (χ0) is 8.97. The molecule has 2 nitrogen and oxygen atoms in total. The summed E-state index contributed by atoms with van der Waals surface area (Å²) < 4.78 is 1.10. The molecule has 0 saturated carbocycles. The van der Waals surface area contributed by atoms with Crippen LogP contribution in [0.3, 0.4) is 0 Å². The summed E-state index contributed by atoms with van der Waals surface area (Å²) in [5, 5.41) is 8.36. The zero-order valence-corrected chi connectivity index (χ0v) is 8.36. The monoisotopic (exact) mass is 274 g/mol. The Morgan fingerprint density at radius 3 is 2.83 bits per heavy atom. The molecule has 0 aliphatic carbocycles.